The van der Waals surface area contributed by atoms with Crippen molar-refractivity contribution in [3.05, 3.63) is 16.7 Å². The molecule has 0 aliphatic heterocycles. The molecule has 0 aliphatic rings. The summed E-state index contributed by atoms with van der Waals surface area (Å²) in [4.78, 5) is 9.36. The van der Waals surface area contributed by atoms with Crippen LogP contribution in [0.25, 0.3) is 10.2 Å². The van der Waals surface area contributed by atoms with Gasteiger partial charge in [0.25, 0.3) is 0 Å². The van der Waals surface area contributed by atoms with Gasteiger partial charge in [0.05, 0.1) is 5.39 Å². The Kier molecular flexibility index (Phi) is 3.61. The zero-order valence-electron chi connectivity index (χ0n) is 9.33. The second-order valence-electron chi connectivity index (χ2n) is 3.81. The van der Waals surface area contributed by atoms with Crippen LogP contribution in [0.2, 0.25) is 5.28 Å². The number of nitrogens with one attached hydrogen (secondary N) is 1. The number of aromatic nitrogens is 2. The highest BCUT2D eigenvalue weighted by atomic mass is 35.5. The molecule has 1 N–H and O–H groups in total. The molecule has 5 heteroatoms. The van der Waals surface area contributed by atoms with E-state index in [9.17, 15) is 0 Å². The second-order valence-corrected chi connectivity index (χ2v) is 5.05. The van der Waals surface area contributed by atoms with Crippen LogP contribution in [0.15, 0.2) is 11.4 Å². The number of anilines is 1. The van der Waals surface area contributed by atoms with E-state index in [0.29, 0.717) is 11.3 Å². The van der Waals surface area contributed by atoms with Crippen molar-refractivity contribution >= 4 is 39.0 Å². The zero-order chi connectivity index (χ0) is 11.5. The van der Waals surface area contributed by atoms with Gasteiger partial charge in [-0.05, 0) is 36.4 Å². The van der Waals surface area contributed by atoms with Crippen LogP contribution in [0.4, 0.5) is 5.82 Å². The lowest BCUT2D eigenvalue weighted by atomic mass is 10.2. The van der Waals surface area contributed by atoms with E-state index < -0.39 is 0 Å². The maximum absolute atomic E-state index is 5.89. The molecule has 0 aromatic carbocycles. The van der Waals surface area contributed by atoms with Gasteiger partial charge in [-0.2, -0.15) is 0 Å². The highest BCUT2D eigenvalue weighted by molar-refractivity contribution is 7.16. The summed E-state index contributed by atoms with van der Waals surface area (Å²) in [6.45, 7) is 4.32. The third-order valence-electron chi connectivity index (χ3n) is 2.40. The Balaban J connectivity index is 2.31. The fourth-order valence-corrected chi connectivity index (χ4v) is 2.66. The van der Waals surface area contributed by atoms with Gasteiger partial charge in [-0.25, -0.2) is 9.97 Å². The lowest BCUT2D eigenvalue weighted by Gasteiger charge is -2.13. The van der Waals surface area contributed by atoms with Gasteiger partial charge in [-0.1, -0.05) is 13.3 Å². The van der Waals surface area contributed by atoms with Crippen molar-refractivity contribution in [2.45, 2.75) is 32.7 Å². The molecule has 0 saturated carbocycles. The number of nitrogens with zero attached hydrogens (tertiary/aromatic N) is 2. The number of thiophene rings is 1. The molecular weight excluding hydrogens is 242 g/mol. The molecule has 1 unspecified atom stereocenters. The first kappa shape index (κ1) is 11.6. The van der Waals surface area contributed by atoms with E-state index in [1.807, 2.05) is 11.4 Å². The van der Waals surface area contributed by atoms with Crippen molar-refractivity contribution in [2.75, 3.05) is 5.32 Å². The van der Waals surface area contributed by atoms with Crippen LogP contribution in [0.3, 0.4) is 0 Å². The summed E-state index contributed by atoms with van der Waals surface area (Å²) in [7, 11) is 0. The van der Waals surface area contributed by atoms with Gasteiger partial charge in [-0.3, -0.25) is 0 Å². The van der Waals surface area contributed by atoms with E-state index in [2.05, 4.69) is 29.1 Å². The number of fused-ring (bicyclic) bond motifs is 1. The summed E-state index contributed by atoms with van der Waals surface area (Å²) in [5, 5.41) is 6.75. The molecule has 0 aliphatic carbocycles. The van der Waals surface area contributed by atoms with Crippen molar-refractivity contribution in [2.24, 2.45) is 0 Å². The van der Waals surface area contributed by atoms with Crippen LogP contribution in [0, 0.1) is 0 Å². The molecule has 0 radical (unpaired) electrons. The largest absolute Gasteiger partial charge is 0.367 e. The summed E-state index contributed by atoms with van der Waals surface area (Å²) in [5.41, 5.74) is 0. The van der Waals surface area contributed by atoms with E-state index in [4.69, 9.17) is 11.6 Å². The van der Waals surface area contributed by atoms with Gasteiger partial charge < -0.3 is 5.32 Å². The standard InChI is InChI=1S/C11H14ClN3S/c1-3-4-7(2)13-9-8-5-6-16-10(8)15-11(12)14-9/h5-7H,3-4H2,1-2H3,(H,13,14,15). The molecule has 16 heavy (non-hydrogen) atoms. The number of hydrogen-bond donors (Lipinski definition) is 1. The Hall–Kier alpha value is -0.870. The average molecular weight is 256 g/mol. The van der Waals surface area contributed by atoms with Crippen molar-refractivity contribution in [1.29, 1.82) is 0 Å². The summed E-state index contributed by atoms with van der Waals surface area (Å²) in [5.74, 6) is 0.845. The van der Waals surface area contributed by atoms with Crippen molar-refractivity contribution in [3.63, 3.8) is 0 Å². The molecule has 0 bridgehead atoms. The minimum absolute atomic E-state index is 0.307. The smallest absolute Gasteiger partial charge is 0.225 e. The van der Waals surface area contributed by atoms with Crippen LogP contribution >= 0.6 is 22.9 Å². The van der Waals surface area contributed by atoms with Crippen molar-refractivity contribution < 1.29 is 0 Å². The third-order valence-corrected chi connectivity index (χ3v) is 3.38. The third kappa shape index (κ3) is 2.44. The van der Waals surface area contributed by atoms with Gasteiger partial charge in [-0.15, -0.1) is 11.3 Å². The molecule has 0 saturated heterocycles. The normalized spacial score (nSPS) is 12.9. The summed E-state index contributed by atoms with van der Waals surface area (Å²) >= 11 is 7.47. The van der Waals surface area contributed by atoms with Gasteiger partial charge in [0.15, 0.2) is 0 Å². The highest BCUT2D eigenvalue weighted by Crippen LogP contribution is 2.27. The molecule has 0 fully saturated rings. The predicted octanol–water partition coefficient (Wildman–Crippen LogP) is 3.95. The van der Waals surface area contributed by atoms with E-state index in [1.165, 1.54) is 0 Å². The second kappa shape index (κ2) is 4.97. The zero-order valence-corrected chi connectivity index (χ0v) is 10.9. The Morgan fingerprint density at radius 3 is 3.06 bits per heavy atom. The average Bonchev–Trinajstić information content (AvgIpc) is 2.65. The first-order valence-corrected chi connectivity index (χ1v) is 6.63. The SMILES string of the molecule is CCCC(C)Nc1nc(Cl)nc2sccc12. The molecule has 1 atom stereocenters. The Bertz CT molecular complexity index is 483. The summed E-state index contributed by atoms with van der Waals surface area (Å²) in [6, 6.07) is 2.43. The van der Waals surface area contributed by atoms with E-state index in [-0.39, 0.29) is 0 Å². The molecule has 0 spiro atoms. The van der Waals surface area contributed by atoms with E-state index in [0.717, 1.165) is 28.9 Å². The predicted molar refractivity (Wildman–Crippen MR) is 70.4 cm³/mol. The number of hydrogen-bond acceptors (Lipinski definition) is 4. The molecule has 2 heterocycles. The van der Waals surface area contributed by atoms with Gasteiger partial charge >= 0.3 is 0 Å². The van der Waals surface area contributed by atoms with Crippen LogP contribution in [0.1, 0.15) is 26.7 Å². The fraction of sp³-hybridized carbons (Fsp3) is 0.455. The van der Waals surface area contributed by atoms with Crippen LogP contribution in [-0.4, -0.2) is 16.0 Å². The fourth-order valence-electron chi connectivity index (χ4n) is 1.68. The Labute approximate surface area is 104 Å². The van der Waals surface area contributed by atoms with Gasteiger partial charge in [0, 0.05) is 6.04 Å². The van der Waals surface area contributed by atoms with Gasteiger partial charge in [0.2, 0.25) is 5.28 Å². The lowest BCUT2D eigenvalue weighted by molar-refractivity contribution is 0.688. The molecule has 3 nitrogen and oxygen atoms in total. The molecule has 0 amide bonds. The first-order chi connectivity index (χ1) is 7.70. The van der Waals surface area contributed by atoms with E-state index in [1.54, 1.807) is 11.3 Å². The Morgan fingerprint density at radius 2 is 2.31 bits per heavy atom. The van der Waals surface area contributed by atoms with Crippen LogP contribution < -0.4 is 5.32 Å². The molecule has 2 rings (SSSR count). The number of rotatable bonds is 4. The monoisotopic (exact) mass is 255 g/mol. The lowest BCUT2D eigenvalue weighted by Crippen LogP contribution is -2.15. The summed E-state index contributed by atoms with van der Waals surface area (Å²) < 4.78 is 0. The highest BCUT2D eigenvalue weighted by Gasteiger charge is 2.09. The topological polar surface area (TPSA) is 37.8 Å². The quantitative estimate of drug-likeness (QED) is 0.841. The van der Waals surface area contributed by atoms with Crippen LogP contribution in [0.5, 0.6) is 0 Å². The summed E-state index contributed by atoms with van der Waals surface area (Å²) in [6.07, 6.45) is 2.27. The van der Waals surface area contributed by atoms with Crippen molar-refractivity contribution in [3.8, 4) is 0 Å². The maximum atomic E-state index is 5.89. The number of halogens is 1. The molecule has 2 aromatic heterocycles. The minimum Gasteiger partial charge on any atom is -0.367 e. The van der Waals surface area contributed by atoms with Crippen molar-refractivity contribution in [1.82, 2.24) is 9.97 Å². The van der Waals surface area contributed by atoms with Crippen LogP contribution in [-0.2, 0) is 0 Å². The van der Waals surface area contributed by atoms with E-state index >= 15 is 0 Å². The Morgan fingerprint density at radius 1 is 1.50 bits per heavy atom. The first-order valence-electron chi connectivity index (χ1n) is 5.38. The molecule has 86 valence electrons. The maximum Gasteiger partial charge on any atom is 0.225 e. The molecule has 2 aromatic rings. The van der Waals surface area contributed by atoms with Gasteiger partial charge in [0.1, 0.15) is 10.6 Å². The molecular formula is C11H14ClN3S. The minimum atomic E-state index is 0.307.